The fraction of sp³-hybridized carbons (Fsp3) is 0.667. The molecule has 0 radical (unpaired) electrons. The zero-order valence-corrected chi connectivity index (χ0v) is 14.6. The molecule has 5 heteroatoms. The Morgan fingerprint density at radius 1 is 1.39 bits per heavy atom. The van der Waals surface area contributed by atoms with E-state index in [2.05, 4.69) is 35.5 Å². The molecule has 0 aromatic carbocycles. The maximum Gasteiger partial charge on any atom is 0.225 e. The molecule has 126 valence electrons. The molecule has 4 unspecified atom stereocenters. The molecule has 1 aromatic heterocycles. The monoisotopic (exact) mass is 335 g/mol. The number of hydrogen-bond acceptors (Lipinski definition) is 3. The summed E-state index contributed by atoms with van der Waals surface area (Å²) in [5.74, 6) is 2.00. The van der Waals surface area contributed by atoms with Crippen LogP contribution in [0.15, 0.2) is 18.3 Å². The summed E-state index contributed by atoms with van der Waals surface area (Å²) in [5.41, 5.74) is 1.19. The van der Waals surface area contributed by atoms with Crippen LogP contribution in [0.1, 0.15) is 51.0 Å². The Bertz CT molecular complexity index is 563. The number of amides is 1. The summed E-state index contributed by atoms with van der Waals surface area (Å²) in [6.07, 6.45) is 5.77. The lowest BCUT2D eigenvalue weighted by Crippen LogP contribution is -2.53. The van der Waals surface area contributed by atoms with E-state index < -0.39 is 0 Å². The Balaban J connectivity index is 1.63. The predicted molar refractivity (Wildman–Crippen MR) is 93.8 cm³/mol. The van der Waals surface area contributed by atoms with Crippen molar-refractivity contribution in [3.05, 3.63) is 23.9 Å². The van der Waals surface area contributed by atoms with Gasteiger partial charge in [0.1, 0.15) is 5.82 Å². The van der Waals surface area contributed by atoms with Crippen LogP contribution in [-0.2, 0) is 4.79 Å². The number of pyridine rings is 1. The maximum absolute atomic E-state index is 12.4. The van der Waals surface area contributed by atoms with Crippen molar-refractivity contribution in [3.8, 4) is 0 Å². The molecule has 4 nitrogen and oxygen atoms in total. The number of alkyl halides is 1. The second-order valence-electron chi connectivity index (χ2n) is 7.19. The molecule has 3 rings (SSSR count). The van der Waals surface area contributed by atoms with Crippen LogP contribution < -0.4 is 10.6 Å². The highest BCUT2D eigenvalue weighted by atomic mass is 35.5. The summed E-state index contributed by atoms with van der Waals surface area (Å²) >= 11 is 6.31. The van der Waals surface area contributed by atoms with Gasteiger partial charge < -0.3 is 10.6 Å². The van der Waals surface area contributed by atoms with Gasteiger partial charge in [0.25, 0.3) is 0 Å². The van der Waals surface area contributed by atoms with Crippen LogP contribution >= 0.6 is 11.6 Å². The molecule has 4 atom stereocenters. The minimum Gasteiger partial charge on any atom is -0.369 e. The number of hydrogen-bond donors (Lipinski definition) is 2. The zero-order chi connectivity index (χ0) is 16.4. The van der Waals surface area contributed by atoms with Crippen LogP contribution in [0.2, 0.25) is 0 Å². The van der Waals surface area contributed by atoms with E-state index in [9.17, 15) is 4.79 Å². The lowest BCUT2D eigenvalue weighted by Gasteiger charge is -2.41. The van der Waals surface area contributed by atoms with Gasteiger partial charge in [0.15, 0.2) is 0 Å². The first-order valence-corrected chi connectivity index (χ1v) is 9.11. The smallest absolute Gasteiger partial charge is 0.225 e. The zero-order valence-electron chi connectivity index (χ0n) is 13.9. The SMILES string of the molecule is CC(C)c1cccnc1NCC1CC2CC(Cl)CCC2NC1=O. The van der Waals surface area contributed by atoms with Gasteiger partial charge in [-0.25, -0.2) is 4.98 Å². The van der Waals surface area contributed by atoms with Gasteiger partial charge in [0, 0.05) is 24.2 Å². The summed E-state index contributed by atoms with van der Waals surface area (Å²) in [6, 6.07) is 4.38. The second-order valence-corrected chi connectivity index (χ2v) is 7.81. The van der Waals surface area contributed by atoms with Crippen molar-refractivity contribution < 1.29 is 4.79 Å². The molecule has 2 heterocycles. The van der Waals surface area contributed by atoms with Gasteiger partial charge in [0.05, 0.1) is 5.92 Å². The van der Waals surface area contributed by atoms with E-state index in [4.69, 9.17) is 11.6 Å². The molecule has 2 N–H and O–H groups in total. The molecule has 2 aliphatic rings. The summed E-state index contributed by atoms with van der Waals surface area (Å²) in [4.78, 5) is 16.8. The molecule has 1 saturated heterocycles. The van der Waals surface area contributed by atoms with Crippen molar-refractivity contribution in [2.45, 2.75) is 56.9 Å². The van der Waals surface area contributed by atoms with Crippen molar-refractivity contribution in [1.82, 2.24) is 10.3 Å². The molecule has 1 aromatic rings. The third-order valence-corrected chi connectivity index (χ3v) is 5.58. The molecule has 1 saturated carbocycles. The fourth-order valence-electron chi connectivity index (χ4n) is 3.86. The molecule has 1 aliphatic heterocycles. The van der Waals surface area contributed by atoms with Gasteiger partial charge in [-0.1, -0.05) is 19.9 Å². The Morgan fingerprint density at radius 2 is 2.22 bits per heavy atom. The average molecular weight is 336 g/mol. The summed E-state index contributed by atoms with van der Waals surface area (Å²) < 4.78 is 0. The number of aromatic nitrogens is 1. The standard InChI is InChI=1S/C18H26ClN3O/c1-11(2)15-4-3-7-20-17(15)21-10-13-8-12-9-14(19)5-6-16(12)22-18(13)23/h3-4,7,11-14,16H,5-6,8-10H2,1-2H3,(H,20,21)(H,22,23). The topological polar surface area (TPSA) is 54.0 Å². The Kier molecular flexibility index (Phi) is 5.10. The highest BCUT2D eigenvalue weighted by molar-refractivity contribution is 6.20. The molecule has 0 bridgehead atoms. The van der Waals surface area contributed by atoms with Crippen LogP contribution in [0.5, 0.6) is 0 Å². The molecule has 2 fully saturated rings. The lowest BCUT2D eigenvalue weighted by molar-refractivity contribution is -0.129. The summed E-state index contributed by atoms with van der Waals surface area (Å²) in [5, 5.41) is 6.87. The number of rotatable bonds is 4. The number of fused-ring (bicyclic) bond motifs is 1. The first-order valence-electron chi connectivity index (χ1n) is 8.67. The minimum atomic E-state index is 0.000218. The van der Waals surface area contributed by atoms with Gasteiger partial charge in [0.2, 0.25) is 5.91 Å². The lowest BCUT2D eigenvalue weighted by atomic mass is 9.75. The van der Waals surface area contributed by atoms with Gasteiger partial charge in [-0.3, -0.25) is 4.79 Å². The average Bonchev–Trinajstić information content (AvgIpc) is 2.53. The van der Waals surface area contributed by atoms with Crippen LogP contribution in [0.25, 0.3) is 0 Å². The van der Waals surface area contributed by atoms with E-state index in [1.54, 1.807) is 6.20 Å². The molecular weight excluding hydrogens is 310 g/mol. The van der Waals surface area contributed by atoms with Crippen molar-refractivity contribution in [1.29, 1.82) is 0 Å². The molecular formula is C18H26ClN3O. The van der Waals surface area contributed by atoms with Crippen molar-refractivity contribution in [2.24, 2.45) is 11.8 Å². The normalized spacial score (nSPS) is 30.7. The Hall–Kier alpha value is -1.29. The number of carbonyl (C=O) groups excluding carboxylic acids is 1. The van der Waals surface area contributed by atoms with Crippen LogP contribution in [0.3, 0.4) is 0 Å². The molecule has 0 spiro atoms. The Morgan fingerprint density at radius 3 is 3.00 bits per heavy atom. The first-order chi connectivity index (χ1) is 11.0. The first kappa shape index (κ1) is 16.6. The van der Waals surface area contributed by atoms with E-state index in [0.29, 0.717) is 24.4 Å². The highest BCUT2D eigenvalue weighted by Crippen LogP contribution is 2.35. The van der Waals surface area contributed by atoms with Crippen molar-refractivity contribution >= 4 is 23.3 Å². The third kappa shape index (κ3) is 3.79. The number of nitrogens with zero attached hydrogens (tertiary/aromatic N) is 1. The van der Waals surface area contributed by atoms with E-state index in [-0.39, 0.29) is 17.2 Å². The number of halogens is 1. The summed E-state index contributed by atoms with van der Waals surface area (Å²) in [7, 11) is 0. The number of carbonyl (C=O) groups is 1. The van der Waals surface area contributed by atoms with E-state index in [1.165, 1.54) is 5.56 Å². The van der Waals surface area contributed by atoms with Gasteiger partial charge in [-0.15, -0.1) is 11.6 Å². The molecule has 23 heavy (non-hydrogen) atoms. The van der Waals surface area contributed by atoms with Crippen LogP contribution in [0, 0.1) is 11.8 Å². The fourth-order valence-corrected chi connectivity index (χ4v) is 4.21. The minimum absolute atomic E-state index is 0.000218. The third-order valence-electron chi connectivity index (χ3n) is 5.18. The van der Waals surface area contributed by atoms with Gasteiger partial charge >= 0.3 is 0 Å². The number of anilines is 1. The highest BCUT2D eigenvalue weighted by Gasteiger charge is 2.38. The van der Waals surface area contributed by atoms with Gasteiger partial charge in [-0.2, -0.15) is 0 Å². The summed E-state index contributed by atoms with van der Waals surface area (Å²) in [6.45, 7) is 4.95. The van der Waals surface area contributed by atoms with E-state index in [0.717, 1.165) is 31.5 Å². The van der Waals surface area contributed by atoms with E-state index in [1.807, 2.05) is 6.07 Å². The Labute approximate surface area is 143 Å². The maximum atomic E-state index is 12.4. The van der Waals surface area contributed by atoms with Gasteiger partial charge in [-0.05, 0) is 49.1 Å². The van der Waals surface area contributed by atoms with Crippen LogP contribution in [0.4, 0.5) is 5.82 Å². The predicted octanol–water partition coefficient (Wildman–Crippen LogP) is 3.53. The number of nitrogens with one attached hydrogen (secondary N) is 2. The van der Waals surface area contributed by atoms with Crippen LogP contribution in [-0.4, -0.2) is 28.9 Å². The second kappa shape index (κ2) is 7.08. The van der Waals surface area contributed by atoms with Crippen molar-refractivity contribution in [2.75, 3.05) is 11.9 Å². The molecule has 1 amide bonds. The quantitative estimate of drug-likeness (QED) is 0.828. The van der Waals surface area contributed by atoms with E-state index >= 15 is 0 Å². The number of piperidine rings is 1. The molecule has 1 aliphatic carbocycles. The van der Waals surface area contributed by atoms with Crippen molar-refractivity contribution in [3.63, 3.8) is 0 Å². The largest absolute Gasteiger partial charge is 0.369 e.